The average molecular weight is 432 g/mol. The quantitative estimate of drug-likeness (QED) is 0.465. The predicted octanol–water partition coefficient (Wildman–Crippen LogP) is 4.98. The van der Waals surface area contributed by atoms with Crippen molar-refractivity contribution in [2.45, 2.75) is 25.5 Å². The molecular weight excluding hydrogens is 406 g/mol. The Morgan fingerprint density at radius 1 is 1.06 bits per heavy atom. The average Bonchev–Trinajstić information content (AvgIpc) is 3.25. The number of piperidine rings is 1. The molecule has 4 aromatic rings. The van der Waals surface area contributed by atoms with Crippen LogP contribution in [0.5, 0.6) is 0 Å². The Hall–Kier alpha value is -3.03. The topological polar surface area (TPSA) is 63.2 Å². The number of benzene rings is 1. The van der Waals surface area contributed by atoms with E-state index in [1.807, 2.05) is 24.4 Å². The first-order chi connectivity index (χ1) is 15.3. The van der Waals surface area contributed by atoms with Crippen LogP contribution in [0.15, 0.2) is 60.1 Å². The maximum Gasteiger partial charge on any atom is 0.158 e. The zero-order valence-corrected chi connectivity index (χ0v) is 18.3. The fourth-order valence-corrected chi connectivity index (χ4v) is 5.07. The molecule has 7 heteroatoms. The second-order valence-corrected chi connectivity index (χ2v) is 8.57. The Bertz CT molecular complexity index is 1140. The predicted molar refractivity (Wildman–Crippen MR) is 127 cm³/mol. The summed E-state index contributed by atoms with van der Waals surface area (Å²) in [6, 6.07) is 16.9. The number of hydrogen-bond acceptors (Lipinski definition) is 7. The van der Waals surface area contributed by atoms with Crippen LogP contribution in [0.3, 0.4) is 0 Å². The summed E-state index contributed by atoms with van der Waals surface area (Å²) < 4.78 is 5.31. The van der Waals surface area contributed by atoms with Gasteiger partial charge in [-0.05, 0) is 30.5 Å². The summed E-state index contributed by atoms with van der Waals surface area (Å²) in [5.74, 6) is 2.68. The number of aromatic nitrogens is 3. The molecule has 0 aliphatic carbocycles. The summed E-state index contributed by atoms with van der Waals surface area (Å²) >= 11 is 1.66. The molecule has 0 unspecified atom stereocenters. The van der Waals surface area contributed by atoms with Gasteiger partial charge < -0.3 is 15.0 Å². The smallest absolute Gasteiger partial charge is 0.158 e. The Morgan fingerprint density at radius 2 is 1.87 bits per heavy atom. The second-order valence-electron chi connectivity index (χ2n) is 7.71. The lowest BCUT2D eigenvalue weighted by Crippen LogP contribution is -2.39. The normalized spacial score (nSPS) is 14.8. The van der Waals surface area contributed by atoms with E-state index in [0.29, 0.717) is 18.5 Å². The molecule has 0 saturated carbocycles. The highest BCUT2D eigenvalue weighted by Gasteiger charge is 2.23. The number of hydrogen-bond donors (Lipinski definition) is 1. The van der Waals surface area contributed by atoms with Crippen LogP contribution in [0.2, 0.25) is 0 Å². The zero-order valence-electron chi connectivity index (χ0n) is 17.5. The molecule has 158 valence electrons. The summed E-state index contributed by atoms with van der Waals surface area (Å²) in [7, 11) is 1.68. The number of fused-ring (bicyclic) bond motifs is 1. The molecule has 0 atom stereocenters. The van der Waals surface area contributed by atoms with E-state index in [2.05, 4.69) is 50.9 Å². The van der Waals surface area contributed by atoms with Crippen molar-refractivity contribution in [2.75, 3.05) is 30.4 Å². The molecule has 5 rings (SSSR count). The summed E-state index contributed by atoms with van der Waals surface area (Å²) in [6.07, 6.45) is 3.93. The number of methoxy groups -OCH3 is 1. The van der Waals surface area contributed by atoms with E-state index in [-0.39, 0.29) is 0 Å². The third-order valence-corrected chi connectivity index (χ3v) is 6.52. The highest BCUT2D eigenvalue weighted by atomic mass is 32.1. The first-order valence-electron chi connectivity index (χ1n) is 10.6. The molecule has 1 aliphatic heterocycles. The van der Waals surface area contributed by atoms with Crippen molar-refractivity contribution in [2.24, 2.45) is 0 Å². The lowest BCUT2D eigenvalue weighted by atomic mass is 10.0. The number of thiophene rings is 1. The molecule has 1 aromatic carbocycles. The van der Waals surface area contributed by atoms with Gasteiger partial charge in [0.25, 0.3) is 0 Å². The largest absolute Gasteiger partial charge is 0.377 e. The maximum atomic E-state index is 5.31. The molecule has 1 fully saturated rings. The van der Waals surface area contributed by atoms with Crippen LogP contribution in [0, 0.1) is 0 Å². The summed E-state index contributed by atoms with van der Waals surface area (Å²) in [5, 5.41) is 7.02. The molecule has 1 saturated heterocycles. The van der Waals surface area contributed by atoms with Crippen molar-refractivity contribution in [1.82, 2.24) is 15.0 Å². The van der Waals surface area contributed by atoms with Crippen molar-refractivity contribution in [1.29, 1.82) is 0 Å². The van der Waals surface area contributed by atoms with Crippen LogP contribution in [0.4, 0.5) is 11.6 Å². The van der Waals surface area contributed by atoms with E-state index < -0.39 is 0 Å². The van der Waals surface area contributed by atoms with Gasteiger partial charge in [-0.3, -0.25) is 0 Å². The number of ether oxygens (including phenoxy) is 1. The molecule has 3 aromatic heterocycles. The number of rotatable bonds is 6. The Kier molecular flexibility index (Phi) is 5.78. The van der Waals surface area contributed by atoms with Gasteiger partial charge in [0.05, 0.1) is 5.39 Å². The van der Waals surface area contributed by atoms with Crippen molar-refractivity contribution < 1.29 is 4.74 Å². The van der Waals surface area contributed by atoms with Crippen molar-refractivity contribution in [3.8, 4) is 11.1 Å². The monoisotopic (exact) mass is 431 g/mol. The lowest BCUT2D eigenvalue weighted by molar-refractivity contribution is 0.178. The van der Waals surface area contributed by atoms with Gasteiger partial charge in [-0.1, -0.05) is 36.4 Å². The highest BCUT2D eigenvalue weighted by Crippen LogP contribution is 2.37. The minimum absolute atomic E-state index is 0.358. The van der Waals surface area contributed by atoms with Gasteiger partial charge in [0.2, 0.25) is 0 Å². The SMILES string of the molecule is COCc1nc(NC2CCN(c3ccccn3)CC2)c2c(-c3ccccc3)csc2n1. The summed E-state index contributed by atoms with van der Waals surface area (Å²) in [5.41, 5.74) is 2.36. The maximum absolute atomic E-state index is 5.31. The van der Waals surface area contributed by atoms with Crippen LogP contribution < -0.4 is 10.2 Å². The van der Waals surface area contributed by atoms with Crippen LogP contribution in [0.25, 0.3) is 21.3 Å². The fourth-order valence-electron chi connectivity index (χ4n) is 4.10. The molecule has 1 aliphatic rings. The number of pyridine rings is 1. The lowest BCUT2D eigenvalue weighted by Gasteiger charge is -2.33. The summed E-state index contributed by atoms with van der Waals surface area (Å²) in [6.45, 7) is 2.35. The van der Waals surface area contributed by atoms with Crippen LogP contribution >= 0.6 is 11.3 Å². The Morgan fingerprint density at radius 3 is 2.61 bits per heavy atom. The van der Waals surface area contributed by atoms with Crippen LogP contribution in [0.1, 0.15) is 18.7 Å². The van der Waals surface area contributed by atoms with E-state index in [4.69, 9.17) is 14.7 Å². The second kappa shape index (κ2) is 8.99. The Labute approximate surface area is 185 Å². The van der Waals surface area contributed by atoms with Gasteiger partial charge in [-0.2, -0.15) is 0 Å². The molecule has 0 amide bonds. The molecule has 0 spiro atoms. The van der Waals surface area contributed by atoms with E-state index >= 15 is 0 Å². The van der Waals surface area contributed by atoms with Gasteiger partial charge in [-0.25, -0.2) is 15.0 Å². The van der Waals surface area contributed by atoms with Crippen LogP contribution in [-0.4, -0.2) is 41.2 Å². The van der Waals surface area contributed by atoms with Crippen molar-refractivity contribution in [3.63, 3.8) is 0 Å². The summed E-state index contributed by atoms with van der Waals surface area (Å²) in [4.78, 5) is 17.4. The number of anilines is 2. The zero-order chi connectivity index (χ0) is 21.0. The van der Waals surface area contributed by atoms with E-state index in [1.165, 1.54) is 11.1 Å². The van der Waals surface area contributed by atoms with E-state index in [1.54, 1.807) is 18.4 Å². The minimum atomic E-state index is 0.358. The van der Waals surface area contributed by atoms with Crippen molar-refractivity contribution >= 4 is 33.2 Å². The number of nitrogens with one attached hydrogen (secondary N) is 1. The van der Waals surface area contributed by atoms with E-state index in [0.717, 1.165) is 47.8 Å². The first kappa shape index (κ1) is 19.9. The minimum Gasteiger partial charge on any atom is -0.377 e. The molecule has 0 bridgehead atoms. The molecule has 0 radical (unpaired) electrons. The van der Waals surface area contributed by atoms with E-state index in [9.17, 15) is 0 Å². The van der Waals surface area contributed by atoms with Crippen LogP contribution in [-0.2, 0) is 11.3 Å². The van der Waals surface area contributed by atoms with Crippen molar-refractivity contribution in [3.05, 3.63) is 65.9 Å². The number of nitrogens with zero attached hydrogens (tertiary/aromatic N) is 4. The molecule has 4 heterocycles. The van der Waals surface area contributed by atoms with Gasteiger partial charge in [-0.15, -0.1) is 11.3 Å². The highest BCUT2D eigenvalue weighted by molar-refractivity contribution is 7.17. The molecule has 31 heavy (non-hydrogen) atoms. The van der Waals surface area contributed by atoms with Gasteiger partial charge in [0, 0.05) is 43.4 Å². The van der Waals surface area contributed by atoms with Gasteiger partial charge in [0.1, 0.15) is 23.1 Å². The fraction of sp³-hybridized carbons (Fsp3) is 0.292. The standard InChI is InChI=1S/C24H25N5OS/c1-30-15-20-27-23(22-19(16-31-24(22)28-20)17-7-3-2-4-8-17)26-18-10-13-29(14-11-18)21-9-5-6-12-25-21/h2-9,12,16,18H,10-11,13-15H2,1H3,(H,26,27,28). The third-order valence-electron chi connectivity index (χ3n) is 5.65. The Balaban J connectivity index is 1.42. The molecule has 1 N–H and O–H groups in total. The molecule has 6 nitrogen and oxygen atoms in total. The first-order valence-corrected chi connectivity index (χ1v) is 11.4. The molecular formula is C24H25N5OS. The van der Waals surface area contributed by atoms with Gasteiger partial charge in [0.15, 0.2) is 5.82 Å². The van der Waals surface area contributed by atoms with Gasteiger partial charge >= 0.3 is 0 Å². The third kappa shape index (κ3) is 4.24.